The number of hydrogen-bond donors (Lipinski definition) is 0. The minimum Gasteiger partial charge on any atom is -0.282 e. The molecule has 0 spiro atoms. The Labute approximate surface area is 203 Å². The smallest absolute Gasteiger partial charge is 0.281 e. The summed E-state index contributed by atoms with van der Waals surface area (Å²) in [5, 5.41) is 0.640. The van der Waals surface area contributed by atoms with Crippen molar-refractivity contribution >= 4 is 23.0 Å². The van der Waals surface area contributed by atoms with Crippen LogP contribution in [0.1, 0.15) is 11.1 Å². The van der Waals surface area contributed by atoms with Crippen LogP contribution in [-0.4, -0.2) is 10.3 Å². The Morgan fingerprint density at radius 1 is 0.647 bits per heavy atom. The van der Waals surface area contributed by atoms with Crippen molar-refractivity contribution in [2.24, 2.45) is 4.99 Å². The minimum absolute atomic E-state index is 0.192. The second-order valence-electron chi connectivity index (χ2n) is 7.79. The minimum atomic E-state index is -0.192. The average molecular weight is 461 g/mol. The summed E-state index contributed by atoms with van der Waals surface area (Å²) < 4.78 is 1.63. The summed E-state index contributed by atoms with van der Waals surface area (Å²) in [6.07, 6.45) is 1.80. The standard InChI is InChI=1S/C30H21ClN2O/c31-25-18-16-22(17-19-25)27-20-21-33(26-14-8-3-9-15-26)30(34)29(27)32-28(23-10-4-1-5-11-23)24-12-6-2-7-13-24/h1-21H. The molecule has 0 aliphatic rings. The normalized spacial score (nSPS) is 10.6. The van der Waals surface area contributed by atoms with E-state index in [4.69, 9.17) is 16.6 Å². The molecule has 34 heavy (non-hydrogen) atoms. The van der Waals surface area contributed by atoms with Crippen LogP contribution < -0.4 is 5.56 Å². The molecule has 164 valence electrons. The lowest BCUT2D eigenvalue weighted by molar-refractivity contribution is 0.990. The lowest BCUT2D eigenvalue weighted by Gasteiger charge is -2.13. The van der Waals surface area contributed by atoms with Crippen molar-refractivity contribution in [2.75, 3.05) is 0 Å². The zero-order valence-corrected chi connectivity index (χ0v) is 19.1. The largest absolute Gasteiger partial charge is 0.282 e. The SMILES string of the molecule is O=c1c(N=C(c2ccccc2)c2ccccc2)c(-c2ccc(Cl)cc2)ccn1-c1ccccc1. The van der Waals surface area contributed by atoms with Crippen molar-refractivity contribution in [3.8, 4) is 16.8 Å². The van der Waals surface area contributed by atoms with E-state index in [0.29, 0.717) is 10.7 Å². The van der Waals surface area contributed by atoms with E-state index in [-0.39, 0.29) is 5.56 Å². The maximum absolute atomic E-state index is 13.9. The number of aliphatic imine (C=N–C) groups is 1. The van der Waals surface area contributed by atoms with Crippen LogP contribution in [0.3, 0.4) is 0 Å². The summed E-state index contributed by atoms with van der Waals surface area (Å²) >= 11 is 6.13. The number of rotatable bonds is 5. The molecule has 0 unspecified atom stereocenters. The van der Waals surface area contributed by atoms with Crippen LogP contribution in [-0.2, 0) is 0 Å². The first-order valence-corrected chi connectivity index (χ1v) is 11.3. The molecule has 0 amide bonds. The molecule has 5 rings (SSSR count). The first-order chi connectivity index (χ1) is 16.7. The van der Waals surface area contributed by atoms with Crippen LogP contribution in [0.2, 0.25) is 5.02 Å². The number of pyridine rings is 1. The molecule has 0 radical (unpaired) electrons. The first kappa shape index (κ1) is 21.6. The van der Waals surface area contributed by atoms with Crippen LogP contribution in [0.25, 0.3) is 16.8 Å². The van der Waals surface area contributed by atoms with Gasteiger partial charge in [-0.25, -0.2) is 4.99 Å². The molecule has 1 heterocycles. The van der Waals surface area contributed by atoms with E-state index in [1.165, 1.54) is 0 Å². The van der Waals surface area contributed by atoms with Crippen molar-refractivity contribution in [3.63, 3.8) is 0 Å². The van der Waals surface area contributed by atoms with Crippen LogP contribution in [0.5, 0.6) is 0 Å². The Morgan fingerprint density at radius 2 is 1.18 bits per heavy atom. The van der Waals surface area contributed by atoms with Gasteiger partial charge in [-0.1, -0.05) is 103 Å². The van der Waals surface area contributed by atoms with Crippen molar-refractivity contribution in [1.82, 2.24) is 4.57 Å². The number of halogens is 1. The lowest BCUT2D eigenvalue weighted by atomic mass is 10.0. The molecule has 0 saturated carbocycles. The van der Waals surface area contributed by atoms with E-state index in [9.17, 15) is 4.79 Å². The van der Waals surface area contributed by atoms with Crippen molar-refractivity contribution in [2.45, 2.75) is 0 Å². The summed E-state index contributed by atoms with van der Waals surface area (Å²) in [7, 11) is 0. The second kappa shape index (κ2) is 9.74. The molecule has 4 aromatic carbocycles. The molecule has 0 N–H and O–H groups in total. The van der Waals surface area contributed by atoms with Gasteiger partial charge in [0, 0.05) is 33.6 Å². The summed E-state index contributed by atoms with van der Waals surface area (Å²) in [4.78, 5) is 18.9. The molecule has 0 fully saturated rings. The average Bonchev–Trinajstić information content (AvgIpc) is 2.90. The molecule has 0 aliphatic carbocycles. The summed E-state index contributed by atoms with van der Waals surface area (Å²) in [6.45, 7) is 0. The third kappa shape index (κ3) is 4.47. The first-order valence-electron chi connectivity index (χ1n) is 11.0. The van der Waals surface area contributed by atoms with Crippen molar-refractivity contribution in [3.05, 3.63) is 154 Å². The van der Waals surface area contributed by atoms with Gasteiger partial charge in [-0.05, 0) is 35.9 Å². The Balaban J connectivity index is 1.80. The van der Waals surface area contributed by atoms with E-state index < -0.39 is 0 Å². The third-order valence-corrected chi connectivity index (χ3v) is 5.83. The van der Waals surface area contributed by atoms with Crippen LogP contribution >= 0.6 is 11.6 Å². The van der Waals surface area contributed by atoms with E-state index in [1.807, 2.05) is 121 Å². The third-order valence-electron chi connectivity index (χ3n) is 5.57. The fourth-order valence-electron chi connectivity index (χ4n) is 3.89. The number of nitrogens with zero attached hydrogens (tertiary/aromatic N) is 2. The van der Waals surface area contributed by atoms with Gasteiger partial charge < -0.3 is 0 Å². The number of hydrogen-bond acceptors (Lipinski definition) is 2. The monoisotopic (exact) mass is 460 g/mol. The fraction of sp³-hybridized carbons (Fsp3) is 0. The predicted octanol–water partition coefficient (Wildman–Crippen LogP) is 7.33. The molecule has 0 saturated heterocycles. The van der Waals surface area contributed by atoms with Gasteiger partial charge in [0.15, 0.2) is 0 Å². The highest BCUT2D eigenvalue weighted by Crippen LogP contribution is 2.30. The zero-order valence-electron chi connectivity index (χ0n) is 18.3. The lowest BCUT2D eigenvalue weighted by Crippen LogP contribution is -2.18. The van der Waals surface area contributed by atoms with Crippen molar-refractivity contribution < 1.29 is 0 Å². The molecule has 0 aliphatic heterocycles. The van der Waals surface area contributed by atoms with Gasteiger partial charge >= 0.3 is 0 Å². The van der Waals surface area contributed by atoms with Gasteiger partial charge in [0.2, 0.25) is 0 Å². The highest BCUT2D eigenvalue weighted by Gasteiger charge is 2.15. The quantitative estimate of drug-likeness (QED) is 0.253. The molecule has 4 heteroatoms. The Hall–Kier alpha value is -4.21. The summed E-state index contributed by atoms with van der Waals surface area (Å²) in [6, 6.07) is 38.8. The molecular weight excluding hydrogens is 440 g/mol. The number of benzene rings is 4. The van der Waals surface area contributed by atoms with Gasteiger partial charge in [-0.3, -0.25) is 9.36 Å². The summed E-state index contributed by atoms with van der Waals surface area (Å²) in [5.74, 6) is 0. The molecule has 1 aromatic heterocycles. The van der Waals surface area contributed by atoms with Crippen LogP contribution in [0, 0.1) is 0 Å². The van der Waals surface area contributed by atoms with Gasteiger partial charge in [0.05, 0.1) is 5.71 Å². The molecule has 0 bridgehead atoms. The van der Waals surface area contributed by atoms with E-state index in [1.54, 1.807) is 10.8 Å². The van der Waals surface area contributed by atoms with Gasteiger partial charge in [-0.2, -0.15) is 0 Å². The Morgan fingerprint density at radius 3 is 1.74 bits per heavy atom. The Bertz CT molecular complexity index is 1450. The molecule has 0 atom stereocenters. The van der Waals surface area contributed by atoms with Gasteiger partial charge in [-0.15, -0.1) is 0 Å². The Kier molecular flexibility index (Phi) is 6.19. The van der Waals surface area contributed by atoms with Crippen LogP contribution in [0.4, 0.5) is 5.69 Å². The molecular formula is C30H21ClN2O. The molecule has 5 aromatic rings. The molecule has 3 nitrogen and oxygen atoms in total. The van der Waals surface area contributed by atoms with Gasteiger partial charge in [0.1, 0.15) is 5.69 Å². The second-order valence-corrected chi connectivity index (χ2v) is 8.22. The predicted molar refractivity (Wildman–Crippen MR) is 141 cm³/mol. The van der Waals surface area contributed by atoms with E-state index in [0.717, 1.165) is 33.7 Å². The number of aromatic nitrogens is 1. The van der Waals surface area contributed by atoms with E-state index in [2.05, 4.69) is 0 Å². The maximum Gasteiger partial charge on any atom is 0.281 e. The zero-order chi connectivity index (χ0) is 23.3. The van der Waals surface area contributed by atoms with E-state index >= 15 is 0 Å². The maximum atomic E-state index is 13.9. The highest BCUT2D eigenvalue weighted by molar-refractivity contribution is 6.30. The van der Waals surface area contributed by atoms with Gasteiger partial charge in [0.25, 0.3) is 5.56 Å². The van der Waals surface area contributed by atoms with Crippen LogP contribution in [0.15, 0.2) is 137 Å². The van der Waals surface area contributed by atoms with Crippen molar-refractivity contribution in [1.29, 1.82) is 0 Å². The topological polar surface area (TPSA) is 34.4 Å². The fourth-order valence-corrected chi connectivity index (χ4v) is 4.01. The number of para-hydroxylation sites is 1. The highest BCUT2D eigenvalue weighted by atomic mass is 35.5. The summed E-state index contributed by atoms with van der Waals surface area (Å²) in [5.41, 5.74) is 5.20.